The van der Waals surface area contributed by atoms with Crippen LogP contribution >= 0.6 is 0 Å². The molecule has 99 valence electrons. The van der Waals surface area contributed by atoms with Crippen molar-refractivity contribution >= 4 is 0 Å². The van der Waals surface area contributed by atoms with E-state index in [0.29, 0.717) is 6.04 Å². The Morgan fingerprint density at radius 3 is 3.16 bits per heavy atom. The monoisotopic (exact) mass is 256 g/mol. The molecule has 0 aliphatic carbocycles. The minimum atomic E-state index is 0.488. The van der Waals surface area contributed by atoms with E-state index in [1.807, 2.05) is 37.6 Å². The molecular weight excluding hydrogens is 238 g/mol. The van der Waals surface area contributed by atoms with E-state index in [1.165, 1.54) is 12.8 Å². The van der Waals surface area contributed by atoms with Crippen molar-refractivity contribution in [3.63, 3.8) is 0 Å². The molecule has 19 heavy (non-hydrogen) atoms. The van der Waals surface area contributed by atoms with Crippen molar-refractivity contribution in [1.29, 1.82) is 0 Å². The molecule has 0 amide bonds. The highest BCUT2D eigenvalue weighted by atomic mass is 16.5. The molecule has 0 unspecified atom stereocenters. The summed E-state index contributed by atoms with van der Waals surface area (Å²) in [5.41, 5.74) is 2.17. The normalized spacial score (nSPS) is 18.7. The Labute approximate surface area is 113 Å². The van der Waals surface area contributed by atoms with Crippen LogP contribution in [0.5, 0.6) is 5.75 Å². The maximum atomic E-state index is 5.84. The fourth-order valence-corrected chi connectivity index (χ4v) is 2.37. The predicted octanol–water partition coefficient (Wildman–Crippen LogP) is 2.02. The van der Waals surface area contributed by atoms with E-state index < -0.39 is 0 Å². The van der Waals surface area contributed by atoms with Crippen molar-refractivity contribution in [3.8, 4) is 16.9 Å². The molecule has 3 rings (SSSR count). The molecular formula is C15H18N3O. The third-order valence-corrected chi connectivity index (χ3v) is 3.41. The van der Waals surface area contributed by atoms with Crippen molar-refractivity contribution in [1.82, 2.24) is 15.1 Å². The first-order valence-corrected chi connectivity index (χ1v) is 6.67. The minimum Gasteiger partial charge on any atom is -0.492 e. The van der Waals surface area contributed by atoms with E-state index in [-0.39, 0.29) is 0 Å². The first-order chi connectivity index (χ1) is 9.31. The van der Waals surface area contributed by atoms with E-state index in [2.05, 4.69) is 16.5 Å². The Balaban J connectivity index is 1.69. The van der Waals surface area contributed by atoms with Gasteiger partial charge >= 0.3 is 0 Å². The number of hydrogen-bond acceptors (Lipinski definition) is 3. The summed E-state index contributed by atoms with van der Waals surface area (Å²) in [6.45, 7) is 1.83. The number of rotatable bonds is 4. The van der Waals surface area contributed by atoms with Crippen LogP contribution in [-0.2, 0) is 7.05 Å². The van der Waals surface area contributed by atoms with Crippen LogP contribution in [0.3, 0.4) is 0 Å². The second-order valence-electron chi connectivity index (χ2n) is 4.96. The smallest absolute Gasteiger partial charge is 0.120 e. The SMILES string of the molecule is Cn1cc(-c2c[c]cc(OC[C@@H]3CCCN3)c2)cn1. The van der Waals surface area contributed by atoms with Crippen LogP contribution < -0.4 is 10.1 Å². The summed E-state index contributed by atoms with van der Waals surface area (Å²) in [6, 6.07) is 9.50. The Kier molecular flexibility index (Phi) is 3.51. The highest BCUT2D eigenvalue weighted by molar-refractivity contribution is 5.63. The van der Waals surface area contributed by atoms with E-state index in [1.54, 1.807) is 4.68 Å². The molecule has 1 aliphatic heterocycles. The van der Waals surface area contributed by atoms with Crippen LogP contribution in [0.25, 0.3) is 11.1 Å². The molecule has 1 saturated heterocycles. The average Bonchev–Trinajstić information content (AvgIpc) is 3.08. The van der Waals surface area contributed by atoms with Crippen molar-refractivity contribution in [2.24, 2.45) is 7.05 Å². The zero-order valence-corrected chi connectivity index (χ0v) is 11.1. The number of aromatic nitrogens is 2. The summed E-state index contributed by atoms with van der Waals surface area (Å²) in [5, 5.41) is 7.61. The second kappa shape index (κ2) is 5.45. The number of aryl methyl sites for hydroxylation is 1. The van der Waals surface area contributed by atoms with Gasteiger partial charge in [0.15, 0.2) is 0 Å². The van der Waals surface area contributed by atoms with Gasteiger partial charge < -0.3 is 10.1 Å². The van der Waals surface area contributed by atoms with E-state index in [0.717, 1.165) is 30.0 Å². The summed E-state index contributed by atoms with van der Waals surface area (Å²) in [4.78, 5) is 0. The van der Waals surface area contributed by atoms with Gasteiger partial charge in [-0.15, -0.1) is 0 Å². The number of hydrogen-bond donors (Lipinski definition) is 1. The van der Waals surface area contributed by atoms with Crippen LogP contribution in [0, 0.1) is 6.07 Å². The molecule has 0 bridgehead atoms. The second-order valence-corrected chi connectivity index (χ2v) is 4.96. The molecule has 1 aliphatic rings. The van der Waals surface area contributed by atoms with Crippen LogP contribution in [0.2, 0.25) is 0 Å². The van der Waals surface area contributed by atoms with Crippen molar-refractivity contribution in [2.75, 3.05) is 13.2 Å². The fourth-order valence-electron chi connectivity index (χ4n) is 2.37. The molecule has 2 heterocycles. The van der Waals surface area contributed by atoms with Gasteiger partial charge in [0.05, 0.1) is 6.20 Å². The number of nitrogens with one attached hydrogen (secondary N) is 1. The van der Waals surface area contributed by atoms with Gasteiger partial charge in [-0.25, -0.2) is 0 Å². The molecule has 1 atom stereocenters. The first-order valence-electron chi connectivity index (χ1n) is 6.67. The summed E-state index contributed by atoms with van der Waals surface area (Å²) < 4.78 is 7.63. The van der Waals surface area contributed by atoms with Gasteiger partial charge in [0.25, 0.3) is 0 Å². The Hall–Kier alpha value is -1.81. The first kappa shape index (κ1) is 12.2. The van der Waals surface area contributed by atoms with Crippen molar-refractivity contribution in [3.05, 3.63) is 36.7 Å². The van der Waals surface area contributed by atoms with Gasteiger partial charge in [0.2, 0.25) is 0 Å². The average molecular weight is 256 g/mol. The van der Waals surface area contributed by atoms with Gasteiger partial charge in [-0.05, 0) is 49.2 Å². The maximum Gasteiger partial charge on any atom is 0.120 e. The lowest BCUT2D eigenvalue weighted by Gasteiger charge is -2.12. The van der Waals surface area contributed by atoms with Gasteiger partial charge in [-0.2, -0.15) is 5.10 Å². The van der Waals surface area contributed by atoms with E-state index in [9.17, 15) is 0 Å². The number of nitrogens with zero attached hydrogens (tertiary/aromatic N) is 2. The molecule has 0 spiro atoms. The number of ether oxygens (including phenoxy) is 1. The molecule has 0 saturated carbocycles. The third-order valence-electron chi connectivity index (χ3n) is 3.41. The molecule has 2 aromatic rings. The molecule has 1 N–H and O–H groups in total. The highest BCUT2D eigenvalue weighted by Crippen LogP contribution is 2.23. The fraction of sp³-hybridized carbons (Fsp3) is 0.400. The topological polar surface area (TPSA) is 39.1 Å². The van der Waals surface area contributed by atoms with Crippen LogP contribution in [0.4, 0.5) is 0 Å². The van der Waals surface area contributed by atoms with Gasteiger partial charge in [-0.1, -0.05) is 0 Å². The molecule has 4 heteroatoms. The standard InChI is InChI=1S/C15H18N3O/c1-18-10-13(9-17-18)12-4-2-6-15(8-12)19-11-14-5-3-7-16-14/h4,6,8-10,14,16H,3,5,7,11H2,1H3/t14-/m0/s1. The summed E-state index contributed by atoms with van der Waals surface area (Å²) in [5.74, 6) is 0.870. The zero-order chi connectivity index (χ0) is 13.1. The zero-order valence-electron chi connectivity index (χ0n) is 11.1. The highest BCUT2D eigenvalue weighted by Gasteiger charge is 2.14. The van der Waals surface area contributed by atoms with Crippen LogP contribution in [0.15, 0.2) is 30.6 Å². The molecule has 1 fully saturated rings. The lowest BCUT2D eigenvalue weighted by Crippen LogP contribution is -2.28. The summed E-state index contributed by atoms with van der Waals surface area (Å²) in [6.07, 6.45) is 6.29. The number of benzene rings is 1. The Morgan fingerprint density at radius 1 is 1.47 bits per heavy atom. The molecule has 4 nitrogen and oxygen atoms in total. The van der Waals surface area contributed by atoms with Crippen LogP contribution in [-0.4, -0.2) is 29.0 Å². The Morgan fingerprint density at radius 2 is 2.42 bits per heavy atom. The summed E-state index contributed by atoms with van der Waals surface area (Å²) >= 11 is 0. The van der Waals surface area contributed by atoms with Gasteiger partial charge in [-0.3, -0.25) is 4.68 Å². The van der Waals surface area contributed by atoms with Crippen molar-refractivity contribution < 1.29 is 4.74 Å². The lowest BCUT2D eigenvalue weighted by atomic mass is 10.1. The quantitative estimate of drug-likeness (QED) is 0.909. The minimum absolute atomic E-state index is 0.488. The van der Waals surface area contributed by atoms with Gasteiger partial charge in [0.1, 0.15) is 12.4 Å². The maximum absolute atomic E-state index is 5.84. The largest absolute Gasteiger partial charge is 0.492 e. The summed E-state index contributed by atoms with van der Waals surface area (Å²) in [7, 11) is 1.92. The predicted molar refractivity (Wildman–Crippen MR) is 74.0 cm³/mol. The Bertz CT molecular complexity index is 544. The van der Waals surface area contributed by atoms with Crippen LogP contribution in [0.1, 0.15) is 12.8 Å². The van der Waals surface area contributed by atoms with Crippen molar-refractivity contribution in [2.45, 2.75) is 18.9 Å². The third kappa shape index (κ3) is 2.96. The molecule has 1 radical (unpaired) electrons. The molecule has 1 aromatic carbocycles. The molecule has 1 aromatic heterocycles. The van der Waals surface area contributed by atoms with E-state index >= 15 is 0 Å². The van der Waals surface area contributed by atoms with E-state index in [4.69, 9.17) is 4.74 Å². The van der Waals surface area contributed by atoms with Gasteiger partial charge in [0, 0.05) is 24.8 Å². The lowest BCUT2D eigenvalue weighted by molar-refractivity contribution is 0.277.